The van der Waals surface area contributed by atoms with Crippen LogP contribution in [0.5, 0.6) is 0 Å². The second-order valence-corrected chi connectivity index (χ2v) is 6.10. The van der Waals surface area contributed by atoms with Crippen molar-refractivity contribution in [2.45, 2.75) is 38.1 Å². The van der Waals surface area contributed by atoms with E-state index in [4.69, 9.17) is 5.73 Å². The molecule has 1 atom stereocenters. The highest BCUT2D eigenvalue weighted by molar-refractivity contribution is 5.85. The van der Waals surface area contributed by atoms with E-state index in [0.29, 0.717) is 13.0 Å². The molecular weight excluding hydrogens is 324 g/mol. The van der Waals surface area contributed by atoms with E-state index < -0.39 is 0 Å². The van der Waals surface area contributed by atoms with Gasteiger partial charge in [-0.3, -0.25) is 4.79 Å². The Kier molecular flexibility index (Phi) is 6.82. The fourth-order valence-electron chi connectivity index (χ4n) is 3.18. The lowest BCUT2D eigenvalue weighted by molar-refractivity contribution is -0.134. The number of carbonyl (C=O) groups is 1. The highest BCUT2D eigenvalue weighted by Gasteiger charge is 2.25. The smallest absolute Gasteiger partial charge is 0.223 e. The van der Waals surface area contributed by atoms with Crippen LogP contribution in [0.2, 0.25) is 0 Å². The number of nitrogens with two attached hydrogens (primary N) is 1. The molecule has 2 heterocycles. The molecule has 1 fully saturated rings. The fraction of sp³-hybridized carbons (Fsp3) is 0.444. The van der Waals surface area contributed by atoms with E-state index in [1.54, 1.807) is 0 Å². The number of carbonyl (C=O) groups excluding carboxylic acids is 1. The first-order valence-corrected chi connectivity index (χ1v) is 8.36. The van der Waals surface area contributed by atoms with Crippen molar-refractivity contribution in [1.29, 1.82) is 0 Å². The number of hydrogen-bond acceptors (Lipinski definition) is 3. The van der Waals surface area contributed by atoms with E-state index in [9.17, 15) is 4.79 Å². The predicted molar refractivity (Wildman–Crippen MR) is 97.5 cm³/mol. The Labute approximate surface area is 149 Å². The maximum absolute atomic E-state index is 12.5. The second kappa shape index (κ2) is 8.85. The van der Waals surface area contributed by atoms with Crippen molar-refractivity contribution >= 4 is 18.3 Å². The number of piperidine rings is 1. The highest BCUT2D eigenvalue weighted by atomic mass is 35.5. The van der Waals surface area contributed by atoms with Gasteiger partial charge in [-0.1, -0.05) is 18.2 Å². The molecule has 6 heteroatoms. The summed E-state index contributed by atoms with van der Waals surface area (Å²) in [7, 11) is 0. The van der Waals surface area contributed by atoms with Gasteiger partial charge in [0.25, 0.3) is 0 Å². The van der Waals surface area contributed by atoms with Gasteiger partial charge >= 0.3 is 0 Å². The van der Waals surface area contributed by atoms with Crippen LogP contribution in [0.4, 0.5) is 0 Å². The second-order valence-electron chi connectivity index (χ2n) is 6.10. The summed E-state index contributed by atoms with van der Waals surface area (Å²) in [5.74, 6) is 0.215. The molecule has 1 aliphatic rings. The van der Waals surface area contributed by atoms with Gasteiger partial charge in [-0.15, -0.1) is 12.4 Å². The lowest BCUT2D eigenvalue weighted by atomic mass is 10.0. The summed E-state index contributed by atoms with van der Waals surface area (Å²) >= 11 is 0. The molecule has 2 aromatic rings. The Morgan fingerprint density at radius 2 is 2.04 bits per heavy atom. The minimum absolute atomic E-state index is 0. The largest absolute Gasteiger partial charge is 0.338 e. The van der Waals surface area contributed by atoms with Gasteiger partial charge in [-0.25, -0.2) is 4.68 Å². The zero-order valence-corrected chi connectivity index (χ0v) is 14.6. The molecule has 1 aromatic heterocycles. The van der Waals surface area contributed by atoms with Gasteiger partial charge in [0.15, 0.2) is 0 Å². The van der Waals surface area contributed by atoms with E-state index in [0.717, 1.165) is 37.1 Å². The van der Waals surface area contributed by atoms with Crippen molar-refractivity contribution < 1.29 is 4.79 Å². The zero-order chi connectivity index (χ0) is 16.1. The molecule has 5 nitrogen and oxygen atoms in total. The van der Waals surface area contributed by atoms with Crippen LogP contribution in [-0.2, 0) is 11.2 Å². The summed E-state index contributed by atoms with van der Waals surface area (Å²) in [4.78, 5) is 14.4. The Bertz CT molecular complexity index is 643. The first-order chi connectivity index (χ1) is 11.3. The molecule has 1 unspecified atom stereocenters. The Hall–Kier alpha value is -1.85. The van der Waals surface area contributed by atoms with Gasteiger partial charge in [-0.2, -0.15) is 5.10 Å². The summed E-state index contributed by atoms with van der Waals surface area (Å²) in [6.07, 6.45) is 8.39. The number of likely N-dealkylation sites (tertiary alicyclic amines) is 1. The summed E-state index contributed by atoms with van der Waals surface area (Å²) in [6, 6.07) is 10.2. The lowest BCUT2D eigenvalue weighted by Crippen LogP contribution is -2.47. The summed E-state index contributed by atoms with van der Waals surface area (Å²) in [5.41, 5.74) is 7.92. The number of rotatable bonds is 5. The fourth-order valence-corrected chi connectivity index (χ4v) is 3.18. The first kappa shape index (κ1) is 18.5. The number of aryl methyl sites for hydroxylation is 1. The molecule has 1 amide bonds. The average molecular weight is 349 g/mol. The van der Waals surface area contributed by atoms with Crippen molar-refractivity contribution in [1.82, 2.24) is 14.7 Å². The molecular formula is C18H25ClN4O. The molecule has 2 N–H and O–H groups in total. The standard InChI is InChI=1S/C18H24N4O.ClH/c19-12-17-8-4-5-11-21(17)18(23)10-9-15-13-20-22(14-15)16-6-2-1-3-7-16;/h1-3,6-7,13-14,17H,4-5,8-12,19H2;1H. The third-order valence-corrected chi connectivity index (χ3v) is 4.50. The van der Waals surface area contributed by atoms with E-state index in [2.05, 4.69) is 5.10 Å². The molecule has 1 aliphatic heterocycles. The number of para-hydroxylation sites is 1. The quantitative estimate of drug-likeness (QED) is 0.903. The average Bonchev–Trinajstić information content (AvgIpc) is 3.09. The van der Waals surface area contributed by atoms with E-state index in [1.807, 2.05) is 52.3 Å². The third-order valence-electron chi connectivity index (χ3n) is 4.50. The van der Waals surface area contributed by atoms with E-state index >= 15 is 0 Å². The highest BCUT2D eigenvalue weighted by Crippen LogP contribution is 2.18. The van der Waals surface area contributed by atoms with Crippen LogP contribution in [0.25, 0.3) is 5.69 Å². The Balaban J connectivity index is 0.00000208. The topological polar surface area (TPSA) is 64.2 Å². The molecule has 0 bridgehead atoms. The van der Waals surface area contributed by atoms with Gasteiger partial charge in [-0.05, 0) is 43.4 Å². The maximum Gasteiger partial charge on any atom is 0.223 e. The molecule has 0 aliphatic carbocycles. The van der Waals surface area contributed by atoms with Crippen molar-refractivity contribution in [2.24, 2.45) is 5.73 Å². The molecule has 1 saturated heterocycles. The van der Waals surface area contributed by atoms with Gasteiger partial charge in [0, 0.05) is 31.7 Å². The summed E-state index contributed by atoms with van der Waals surface area (Å²) < 4.78 is 1.85. The molecule has 24 heavy (non-hydrogen) atoms. The van der Waals surface area contributed by atoms with Crippen LogP contribution in [0.1, 0.15) is 31.2 Å². The number of amides is 1. The molecule has 1 aromatic carbocycles. The van der Waals surface area contributed by atoms with Gasteiger partial charge in [0.2, 0.25) is 5.91 Å². The molecule has 130 valence electrons. The first-order valence-electron chi connectivity index (χ1n) is 8.36. The van der Waals surface area contributed by atoms with Crippen molar-refractivity contribution in [3.05, 3.63) is 48.3 Å². The monoisotopic (exact) mass is 348 g/mol. The number of hydrogen-bond donors (Lipinski definition) is 1. The predicted octanol–water partition coefficient (Wildman–Crippen LogP) is 2.57. The van der Waals surface area contributed by atoms with Gasteiger partial charge in [0.1, 0.15) is 0 Å². The maximum atomic E-state index is 12.5. The molecule has 0 radical (unpaired) electrons. The van der Waals surface area contributed by atoms with Crippen LogP contribution in [0, 0.1) is 0 Å². The van der Waals surface area contributed by atoms with E-state index in [-0.39, 0.29) is 24.4 Å². The van der Waals surface area contributed by atoms with Crippen molar-refractivity contribution in [3.8, 4) is 5.69 Å². The van der Waals surface area contributed by atoms with Crippen molar-refractivity contribution in [3.63, 3.8) is 0 Å². The number of nitrogens with zero attached hydrogens (tertiary/aromatic N) is 3. The SMILES string of the molecule is Cl.NCC1CCCCN1C(=O)CCc1cnn(-c2ccccc2)c1. The number of aromatic nitrogens is 2. The third kappa shape index (κ3) is 4.36. The Morgan fingerprint density at radius 3 is 2.79 bits per heavy atom. The molecule has 3 rings (SSSR count). The Morgan fingerprint density at radius 1 is 1.25 bits per heavy atom. The van der Waals surface area contributed by atoms with Gasteiger partial charge in [0.05, 0.1) is 11.9 Å². The summed E-state index contributed by atoms with van der Waals surface area (Å²) in [5, 5.41) is 4.38. The summed E-state index contributed by atoms with van der Waals surface area (Å²) in [6.45, 7) is 1.42. The van der Waals surface area contributed by atoms with Crippen LogP contribution < -0.4 is 5.73 Å². The van der Waals surface area contributed by atoms with Crippen LogP contribution in [0.15, 0.2) is 42.7 Å². The minimum atomic E-state index is 0. The van der Waals surface area contributed by atoms with Crippen molar-refractivity contribution in [2.75, 3.05) is 13.1 Å². The minimum Gasteiger partial charge on any atom is -0.338 e. The zero-order valence-electron chi connectivity index (χ0n) is 13.8. The van der Waals surface area contributed by atoms with Crippen LogP contribution >= 0.6 is 12.4 Å². The normalized spacial score (nSPS) is 17.4. The molecule has 0 saturated carbocycles. The van der Waals surface area contributed by atoms with Crippen LogP contribution in [0.3, 0.4) is 0 Å². The lowest BCUT2D eigenvalue weighted by Gasteiger charge is -2.35. The number of benzene rings is 1. The number of halogens is 1. The van der Waals surface area contributed by atoms with Crippen LogP contribution in [-0.4, -0.2) is 39.7 Å². The van der Waals surface area contributed by atoms with Gasteiger partial charge < -0.3 is 10.6 Å². The van der Waals surface area contributed by atoms with E-state index in [1.165, 1.54) is 6.42 Å². The molecule has 0 spiro atoms.